The van der Waals surface area contributed by atoms with Gasteiger partial charge >= 0.3 is 0 Å². The van der Waals surface area contributed by atoms with Gasteiger partial charge in [-0.15, -0.1) is 0 Å². The average Bonchev–Trinajstić information content (AvgIpc) is 2.37. The van der Waals surface area contributed by atoms with Gasteiger partial charge in [0.1, 0.15) is 5.75 Å². The van der Waals surface area contributed by atoms with Gasteiger partial charge in [0, 0.05) is 10.0 Å². The Morgan fingerprint density at radius 2 is 2.00 bits per heavy atom. The van der Waals surface area contributed by atoms with Crippen LogP contribution < -0.4 is 4.74 Å². The summed E-state index contributed by atoms with van der Waals surface area (Å²) in [7, 11) is 1.64. The van der Waals surface area contributed by atoms with Crippen molar-refractivity contribution in [2.24, 2.45) is 0 Å². The van der Waals surface area contributed by atoms with Crippen molar-refractivity contribution in [2.75, 3.05) is 7.11 Å². The number of fused-ring (bicyclic) bond motifs is 1. The van der Waals surface area contributed by atoms with Gasteiger partial charge in [0.05, 0.1) is 7.11 Å². The third-order valence-electron chi connectivity index (χ3n) is 3.09. The van der Waals surface area contributed by atoms with Crippen molar-refractivity contribution in [2.45, 2.75) is 19.8 Å². The van der Waals surface area contributed by atoms with Gasteiger partial charge in [0.2, 0.25) is 0 Å². The summed E-state index contributed by atoms with van der Waals surface area (Å²) in [4.78, 5) is 11.3. The highest BCUT2D eigenvalue weighted by atomic mass is 79.9. The van der Waals surface area contributed by atoms with E-state index in [0.29, 0.717) is 11.5 Å². The molecule has 0 heterocycles. The predicted molar refractivity (Wildman–Crippen MR) is 77.7 cm³/mol. The number of benzene rings is 2. The van der Waals surface area contributed by atoms with E-state index in [9.17, 15) is 4.79 Å². The summed E-state index contributed by atoms with van der Waals surface area (Å²) in [6, 6.07) is 7.86. The SMILES string of the molecule is COc1ccc2c(C=O)c(Br)c(C(C)C)cc2c1. The zero-order valence-corrected chi connectivity index (χ0v) is 12.2. The molecule has 0 spiro atoms. The Bertz CT molecular complexity index is 603. The highest BCUT2D eigenvalue weighted by molar-refractivity contribution is 9.10. The van der Waals surface area contributed by atoms with Crippen LogP contribution in [0.15, 0.2) is 28.7 Å². The molecule has 0 unspecified atom stereocenters. The maximum atomic E-state index is 11.3. The lowest BCUT2D eigenvalue weighted by Gasteiger charge is -2.14. The summed E-state index contributed by atoms with van der Waals surface area (Å²) >= 11 is 3.54. The topological polar surface area (TPSA) is 26.3 Å². The van der Waals surface area contributed by atoms with E-state index in [0.717, 1.165) is 32.8 Å². The molecule has 0 saturated carbocycles. The van der Waals surface area contributed by atoms with Crippen LogP contribution in [0.5, 0.6) is 5.75 Å². The number of aldehydes is 1. The number of ether oxygens (including phenoxy) is 1. The number of halogens is 1. The number of hydrogen-bond acceptors (Lipinski definition) is 2. The monoisotopic (exact) mass is 306 g/mol. The van der Waals surface area contributed by atoms with Gasteiger partial charge in [-0.1, -0.05) is 13.8 Å². The van der Waals surface area contributed by atoms with Gasteiger partial charge in [0.15, 0.2) is 6.29 Å². The average molecular weight is 307 g/mol. The van der Waals surface area contributed by atoms with E-state index < -0.39 is 0 Å². The summed E-state index contributed by atoms with van der Waals surface area (Å²) in [5.41, 5.74) is 1.84. The Labute approximate surface area is 115 Å². The van der Waals surface area contributed by atoms with Gasteiger partial charge in [-0.05, 0) is 62.4 Å². The third-order valence-corrected chi connectivity index (χ3v) is 3.97. The second-order valence-electron chi connectivity index (χ2n) is 4.55. The molecule has 2 aromatic rings. The Kier molecular flexibility index (Phi) is 3.71. The van der Waals surface area contributed by atoms with Crippen molar-refractivity contribution >= 4 is 33.0 Å². The first-order chi connectivity index (χ1) is 8.58. The maximum absolute atomic E-state index is 11.3. The number of carbonyl (C=O) groups excluding carboxylic acids is 1. The third kappa shape index (κ3) is 2.15. The molecule has 3 heteroatoms. The first kappa shape index (κ1) is 13.1. The largest absolute Gasteiger partial charge is 0.497 e. The van der Waals surface area contributed by atoms with E-state index in [2.05, 4.69) is 35.8 Å². The minimum absolute atomic E-state index is 0.355. The molecule has 0 aromatic heterocycles. The van der Waals surface area contributed by atoms with E-state index in [1.54, 1.807) is 7.11 Å². The Hall–Kier alpha value is -1.35. The van der Waals surface area contributed by atoms with E-state index >= 15 is 0 Å². The number of hydrogen-bond donors (Lipinski definition) is 0. The maximum Gasteiger partial charge on any atom is 0.151 e. The normalized spacial score (nSPS) is 10.9. The molecule has 0 fully saturated rings. The van der Waals surface area contributed by atoms with E-state index in [1.807, 2.05) is 18.2 Å². The van der Waals surface area contributed by atoms with Crippen molar-refractivity contribution in [1.29, 1.82) is 0 Å². The Balaban J connectivity index is 2.83. The zero-order valence-electron chi connectivity index (χ0n) is 10.7. The predicted octanol–water partition coefficient (Wildman–Crippen LogP) is 4.55. The van der Waals surface area contributed by atoms with Gasteiger partial charge in [0.25, 0.3) is 0 Å². The smallest absolute Gasteiger partial charge is 0.151 e. The Morgan fingerprint density at radius 1 is 1.28 bits per heavy atom. The molecule has 0 aliphatic rings. The second-order valence-corrected chi connectivity index (χ2v) is 5.35. The van der Waals surface area contributed by atoms with Crippen LogP contribution in [0, 0.1) is 0 Å². The summed E-state index contributed by atoms with van der Waals surface area (Å²) in [6.07, 6.45) is 0.908. The van der Waals surface area contributed by atoms with E-state index in [1.165, 1.54) is 0 Å². The van der Waals surface area contributed by atoms with Crippen molar-refractivity contribution in [3.63, 3.8) is 0 Å². The van der Waals surface area contributed by atoms with Crippen molar-refractivity contribution in [3.05, 3.63) is 39.9 Å². The molecule has 2 rings (SSSR count). The Morgan fingerprint density at radius 3 is 2.56 bits per heavy atom. The first-order valence-electron chi connectivity index (χ1n) is 5.83. The lowest BCUT2D eigenvalue weighted by Crippen LogP contribution is -1.96. The van der Waals surface area contributed by atoms with Crippen LogP contribution in [-0.2, 0) is 0 Å². The lowest BCUT2D eigenvalue weighted by molar-refractivity contribution is 0.112. The van der Waals surface area contributed by atoms with Gasteiger partial charge in [-0.2, -0.15) is 0 Å². The fourth-order valence-electron chi connectivity index (χ4n) is 2.07. The standard InChI is InChI=1S/C15H15BrO2/c1-9(2)13-7-10-6-11(18-3)4-5-12(10)14(8-17)15(13)16/h4-9H,1-3H3. The van der Waals surface area contributed by atoms with E-state index in [-0.39, 0.29) is 0 Å². The van der Waals surface area contributed by atoms with Crippen LogP contribution in [-0.4, -0.2) is 13.4 Å². The molecule has 18 heavy (non-hydrogen) atoms. The molecule has 2 aromatic carbocycles. The number of rotatable bonds is 3. The van der Waals surface area contributed by atoms with Crippen molar-refractivity contribution in [1.82, 2.24) is 0 Å². The molecule has 0 aliphatic carbocycles. The van der Waals surface area contributed by atoms with Crippen molar-refractivity contribution < 1.29 is 9.53 Å². The highest BCUT2D eigenvalue weighted by Gasteiger charge is 2.13. The highest BCUT2D eigenvalue weighted by Crippen LogP contribution is 2.34. The van der Waals surface area contributed by atoms with Crippen LogP contribution in [0.3, 0.4) is 0 Å². The van der Waals surface area contributed by atoms with Crippen LogP contribution in [0.2, 0.25) is 0 Å². The van der Waals surface area contributed by atoms with Crippen LogP contribution in [0.25, 0.3) is 10.8 Å². The summed E-state index contributed by atoms with van der Waals surface area (Å²) in [6.45, 7) is 4.22. The summed E-state index contributed by atoms with van der Waals surface area (Å²) < 4.78 is 6.12. The molecular formula is C15H15BrO2. The first-order valence-corrected chi connectivity index (χ1v) is 6.63. The molecule has 2 nitrogen and oxygen atoms in total. The van der Waals surface area contributed by atoms with Crippen LogP contribution in [0.1, 0.15) is 35.7 Å². The van der Waals surface area contributed by atoms with Gasteiger partial charge in [-0.25, -0.2) is 0 Å². The fraction of sp³-hybridized carbons (Fsp3) is 0.267. The summed E-state index contributed by atoms with van der Waals surface area (Å²) in [5, 5.41) is 1.98. The fourth-order valence-corrected chi connectivity index (χ4v) is 2.95. The minimum atomic E-state index is 0.355. The lowest BCUT2D eigenvalue weighted by atomic mass is 9.95. The van der Waals surface area contributed by atoms with Crippen LogP contribution in [0.4, 0.5) is 0 Å². The van der Waals surface area contributed by atoms with Gasteiger partial charge in [-0.3, -0.25) is 4.79 Å². The number of methoxy groups -OCH3 is 1. The second kappa shape index (κ2) is 5.11. The van der Waals surface area contributed by atoms with Crippen LogP contribution >= 0.6 is 15.9 Å². The molecule has 0 amide bonds. The quantitative estimate of drug-likeness (QED) is 0.778. The molecule has 0 aliphatic heterocycles. The molecule has 0 radical (unpaired) electrons. The zero-order chi connectivity index (χ0) is 13.3. The van der Waals surface area contributed by atoms with Crippen molar-refractivity contribution in [3.8, 4) is 5.75 Å². The van der Waals surface area contributed by atoms with Gasteiger partial charge < -0.3 is 4.74 Å². The molecule has 0 atom stereocenters. The molecule has 0 N–H and O–H groups in total. The molecular weight excluding hydrogens is 292 g/mol. The molecule has 0 bridgehead atoms. The van der Waals surface area contributed by atoms with E-state index in [4.69, 9.17) is 4.74 Å². The molecule has 94 valence electrons. The molecule has 0 saturated heterocycles. The minimum Gasteiger partial charge on any atom is -0.497 e. The number of carbonyl (C=O) groups is 1. The summed E-state index contributed by atoms with van der Waals surface area (Å²) in [5.74, 6) is 1.16.